The van der Waals surface area contributed by atoms with Gasteiger partial charge in [0, 0.05) is 11.5 Å². The minimum absolute atomic E-state index is 0.0634. The normalized spacial score (nSPS) is 14.0. The van der Waals surface area contributed by atoms with Gasteiger partial charge in [-0.15, -0.1) is 0 Å². The zero-order valence-corrected chi connectivity index (χ0v) is 11.0. The first-order valence-electron chi connectivity index (χ1n) is 6.42. The van der Waals surface area contributed by atoms with Crippen molar-refractivity contribution >= 4 is 11.6 Å². The highest BCUT2D eigenvalue weighted by atomic mass is 16.5. The lowest BCUT2D eigenvalue weighted by Crippen LogP contribution is -2.28. The van der Waals surface area contributed by atoms with Gasteiger partial charge in [0.15, 0.2) is 0 Å². The Morgan fingerprint density at radius 1 is 1.53 bits per heavy atom. The fraction of sp³-hybridized carbons (Fsp3) is 0.400. The molecule has 0 saturated heterocycles. The second-order valence-electron chi connectivity index (χ2n) is 4.54. The van der Waals surface area contributed by atoms with Crippen LogP contribution >= 0.6 is 0 Å². The summed E-state index contributed by atoms with van der Waals surface area (Å²) in [5.74, 6) is 6.59. The predicted molar refractivity (Wildman–Crippen MR) is 74.9 cm³/mol. The Balaban J connectivity index is 2.17. The first kappa shape index (κ1) is 13.4. The SMILES string of the molecule is COc1ccc(C#CCN)cc1NC(=O)C1CCC1. The summed E-state index contributed by atoms with van der Waals surface area (Å²) in [4.78, 5) is 12.0. The standard InChI is InChI=1S/C15H18N2O2/c1-19-14-8-7-11(4-3-9-16)10-13(14)17-15(18)12-5-2-6-12/h7-8,10,12H,2,5-6,9,16H2,1H3,(H,17,18). The molecule has 1 fully saturated rings. The number of nitrogens with one attached hydrogen (secondary N) is 1. The number of hydrogen-bond acceptors (Lipinski definition) is 3. The van der Waals surface area contributed by atoms with Crippen LogP contribution in [0.25, 0.3) is 0 Å². The summed E-state index contributed by atoms with van der Waals surface area (Å²) < 4.78 is 5.25. The van der Waals surface area contributed by atoms with Crippen molar-refractivity contribution in [2.24, 2.45) is 11.7 Å². The highest BCUT2D eigenvalue weighted by Gasteiger charge is 2.25. The van der Waals surface area contributed by atoms with Crippen LogP contribution in [0, 0.1) is 17.8 Å². The van der Waals surface area contributed by atoms with Crippen LogP contribution in [0.1, 0.15) is 24.8 Å². The van der Waals surface area contributed by atoms with Gasteiger partial charge in [-0.25, -0.2) is 0 Å². The third-order valence-electron chi connectivity index (χ3n) is 3.27. The zero-order chi connectivity index (χ0) is 13.7. The predicted octanol–water partition coefficient (Wildman–Crippen LogP) is 1.74. The number of rotatable bonds is 3. The number of carbonyl (C=O) groups is 1. The molecule has 4 nitrogen and oxygen atoms in total. The van der Waals surface area contributed by atoms with Crippen LogP contribution in [0.5, 0.6) is 5.75 Å². The zero-order valence-electron chi connectivity index (χ0n) is 11.0. The lowest BCUT2D eigenvalue weighted by molar-refractivity contribution is -0.122. The van der Waals surface area contributed by atoms with E-state index in [-0.39, 0.29) is 11.8 Å². The summed E-state index contributed by atoms with van der Waals surface area (Å²) in [6.45, 7) is 0.315. The molecule has 19 heavy (non-hydrogen) atoms. The van der Waals surface area contributed by atoms with Crippen molar-refractivity contribution in [2.75, 3.05) is 19.0 Å². The minimum atomic E-state index is 0.0634. The van der Waals surface area contributed by atoms with Gasteiger partial charge in [0.1, 0.15) is 5.75 Å². The van der Waals surface area contributed by atoms with Crippen LogP contribution in [-0.2, 0) is 4.79 Å². The average Bonchev–Trinajstić information content (AvgIpc) is 2.34. The van der Waals surface area contributed by atoms with Crippen molar-refractivity contribution in [3.63, 3.8) is 0 Å². The summed E-state index contributed by atoms with van der Waals surface area (Å²) >= 11 is 0. The summed E-state index contributed by atoms with van der Waals surface area (Å²) in [6.07, 6.45) is 3.08. The number of carbonyl (C=O) groups excluding carboxylic acids is 1. The fourth-order valence-corrected chi connectivity index (χ4v) is 1.94. The average molecular weight is 258 g/mol. The summed E-state index contributed by atoms with van der Waals surface area (Å²) in [7, 11) is 1.58. The molecule has 1 saturated carbocycles. The number of ether oxygens (including phenoxy) is 1. The van der Waals surface area contributed by atoms with E-state index in [4.69, 9.17) is 10.5 Å². The lowest BCUT2D eigenvalue weighted by atomic mass is 9.85. The molecule has 100 valence electrons. The molecule has 0 radical (unpaired) electrons. The molecule has 3 N–H and O–H groups in total. The van der Waals surface area contributed by atoms with Gasteiger partial charge in [-0.3, -0.25) is 4.79 Å². The molecule has 0 bridgehead atoms. The maximum absolute atomic E-state index is 12.0. The topological polar surface area (TPSA) is 64.3 Å². The summed E-state index contributed by atoms with van der Waals surface area (Å²) in [5, 5.41) is 2.92. The molecule has 0 heterocycles. The Morgan fingerprint density at radius 2 is 2.32 bits per heavy atom. The van der Waals surface area contributed by atoms with Crippen LogP contribution in [0.4, 0.5) is 5.69 Å². The molecule has 1 aliphatic carbocycles. The maximum atomic E-state index is 12.0. The molecule has 1 aliphatic rings. The molecular weight excluding hydrogens is 240 g/mol. The minimum Gasteiger partial charge on any atom is -0.495 e. The first-order valence-corrected chi connectivity index (χ1v) is 6.42. The first-order chi connectivity index (χ1) is 9.24. The van der Waals surface area contributed by atoms with Gasteiger partial charge in [-0.2, -0.15) is 0 Å². The van der Waals surface area contributed by atoms with E-state index in [0.717, 1.165) is 24.8 Å². The van der Waals surface area contributed by atoms with E-state index in [9.17, 15) is 4.79 Å². The van der Waals surface area contributed by atoms with E-state index >= 15 is 0 Å². The van der Waals surface area contributed by atoms with Crippen LogP contribution in [0.2, 0.25) is 0 Å². The molecule has 0 unspecified atom stereocenters. The summed E-state index contributed by atoms with van der Waals surface area (Å²) in [6, 6.07) is 5.47. The monoisotopic (exact) mass is 258 g/mol. The van der Waals surface area contributed by atoms with E-state index in [1.807, 2.05) is 12.1 Å². The molecule has 1 amide bonds. The van der Waals surface area contributed by atoms with Crippen molar-refractivity contribution in [3.05, 3.63) is 23.8 Å². The van der Waals surface area contributed by atoms with Crippen molar-refractivity contribution in [1.29, 1.82) is 0 Å². The van der Waals surface area contributed by atoms with Gasteiger partial charge in [-0.05, 0) is 31.0 Å². The van der Waals surface area contributed by atoms with Gasteiger partial charge < -0.3 is 15.8 Å². The van der Waals surface area contributed by atoms with Crippen molar-refractivity contribution in [2.45, 2.75) is 19.3 Å². The van der Waals surface area contributed by atoms with E-state index in [1.165, 1.54) is 0 Å². The van der Waals surface area contributed by atoms with E-state index in [0.29, 0.717) is 18.0 Å². The van der Waals surface area contributed by atoms with Gasteiger partial charge >= 0.3 is 0 Å². The molecule has 4 heteroatoms. The molecule has 1 aromatic rings. The Kier molecular flexibility index (Phi) is 4.43. The number of anilines is 1. The molecule has 0 aromatic heterocycles. The number of hydrogen-bond donors (Lipinski definition) is 2. The number of methoxy groups -OCH3 is 1. The lowest BCUT2D eigenvalue weighted by Gasteiger charge is -2.24. The molecule has 0 spiro atoms. The second kappa shape index (κ2) is 6.26. The molecule has 0 aliphatic heterocycles. The number of benzene rings is 1. The van der Waals surface area contributed by atoms with E-state index < -0.39 is 0 Å². The van der Waals surface area contributed by atoms with Crippen molar-refractivity contribution in [3.8, 4) is 17.6 Å². The molecule has 0 atom stereocenters. The Labute approximate surface area is 113 Å². The maximum Gasteiger partial charge on any atom is 0.227 e. The van der Waals surface area contributed by atoms with E-state index in [1.54, 1.807) is 13.2 Å². The fourth-order valence-electron chi connectivity index (χ4n) is 1.94. The smallest absolute Gasteiger partial charge is 0.227 e. The van der Waals surface area contributed by atoms with E-state index in [2.05, 4.69) is 17.2 Å². The van der Waals surface area contributed by atoms with Gasteiger partial charge in [0.05, 0.1) is 19.3 Å². The van der Waals surface area contributed by atoms with Gasteiger partial charge in [0.25, 0.3) is 0 Å². The van der Waals surface area contributed by atoms with Crippen molar-refractivity contribution in [1.82, 2.24) is 0 Å². The highest BCUT2D eigenvalue weighted by Crippen LogP contribution is 2.30. The largest absolute Gasteiger partial charge is 0.495 e. The number of nitrogens with two attached hydrogens (primary N) is 1. The summed E-state index contributed by atoms with van der Waals surface area (Å²) in [5.41, 5.74) is 6.83. The molecular formula is C15H18N2O2. The Hall–Kier alpha value is -1.99. The molecule has 1 aromatic carbocycles. The van der Waals surface area contributed by atoms with Crippen LogP contribution in [0.3, 0.4) is 0 Å². The second-order valence-corrected chi connectivity index (χ2v) is 4.54. The Morgan fingerprint density at radius 3 is 2.89 bits per heavy atom. The van der Waals surface area contributed by atoms with Gasteiger partial charge in [0.2, 0.25) is 5.91 Å². The van der Waals surface area contributed by atoms with Crippen LogP contribution in [0.15, 0.2) is 18.2 Å². The Bertz CT molecular complexity index is 525. The highest BCUT2D eigenvalue weighted by molar-refractivity contribution is 5.94. The third-order valence-corrected chi connectivity index (χ3v) is 3.27. The van der Waals surface area contributed by atoms with Crippen LogP contribution in [-0.4, -0.2) is 19.6 Å². The third kappa shape index (κ3) is 3.27. The van der Waals surface area contributed by atoms with Crippen molar-refractivity contribution < 1.29 is 9.53 Å². The molecule has 2 rings (SSSR count). The van der Waals surface area contributed by atoms with Crippen LogP contribution < -0.4 is 15.8 Å². The van der Waals surface area contributed by atoms with Gasteiger partial charge in [-0.1, -0.05) is 18.3 Å². The quantitative estimate of drug-likeness (QED) is 0.812. The number of amides is 1.